The first-order valence-electron chi connectivity index (χ1n) is 9.04. The molecule has 0 spiro atoms. The van der Waals surface area contributed by atoms with Crippen LogP contribution in [-0.4, -0.2) is 41.8 Å². The van der Waals surface area contributed by atoms with E-state index in [1.54, 1.807) is 11.9 Å². The lowest BCUT2D eigenvalue weighted by Gasteiger charge is -2.26. The van der Waals surface area contributed by atoms with Crippen molar-refractivity contribution < 1.29 is 14.4 Å². The Morgan fingerprint density at radius 1 is 0.964 bits per heavy atom. The van der Waals surface area contributed by atoms with Gasteiger partial charge in [-0.05, 0) is 11.1 Å². The highest BCUT2D eigenvalue weighted by Crippen LogP contribution is 2.09. The molecule has 0 aromatic heterocycles. The molecule has 5 N–H and O–H groups in total. The average molecular weight is 382 g/mol. The van der Waals surface area contributed by atoms with E-state index in [0.717, 1.165) is 11.1 Å². The van der Waals surface area contributed by atoms with Gasteiger partial charge in [0.1, 0.15) is 6.04 Å². The number of nitrogens with two attached hydrogens (primary N) is 2. The highest BCUT2D eigenvalue weighted by Gasteiger charge is 2.27. The van der Waals surface area contributed by atoms with Gasteiger partial charge < -0.3 is 21.7 Å². The van der Waals surface area contributed by atoms with E-state index in [1.165, 1.54) is 0 Å². The molecule has 2 atom stereocenters. The number of nitrogens with zero attached hydrogens (tertiary/aromatic N) is 1. The Hall–Kier alpha value is -3.19. The van der Waals surface area contributed by atoms with Crippen LogP contribution >= 0.6 is 0 Å². The second-order valence-electron chi connectivity index (χ2n) is 6.71. The van der Waals surface area contributed by atoms with Crippen molar-refractivity contribution in [2.75, 3.05) is 7.05 Å². The molecule has 0 saturated carbocycles. The average Bonchev–Trinajstić information content (AvgIpc) is 2.67. The fourth-order valence-electron chi connectivity index (χ4n) is 2.84. The lowest BCUT2D eigenvalue weighted by molar-refractivity contribution is -0.136. The van der Waals surface area contributed by atoms with Gasteiger partial charge in [0.25, 0.3) is 0 Å². The van der Waals surface area contributed by atoms with Crippen LogP contribution in [0, 0.1) is 0 Å². The van der Waals surface area contributed by atoms with Gasteiger partial charge in [-0.15, -0.1) is 0 Å². The maximum Gasteiger partial charge on any atom is 0.245 e. The molecule has 2 rings (SSSR count). The van der Waals surface area contributed by atoms with E-state index in [4.69, 9.17) is 11.5 Å². The third-order valence-electron chi connectivity index (χ3n) is 4.29. The highest BCUT2D eigenvalue weighted by molar-refractivity contribution is 5.92. The molecule has 148 valence electrons. The molecule has 0 aliphatic carbocycles. The van der Waals surface area contributed by atoms with E-state index in [2.05, 4.69) is 5.32 Å². The van der Waals surface area contributed by atoms with Crippen LogP contribution in [-0.2, 0) is 27.3 Å². The van der Waals surface area contributed by atoms with Gasteiger partial charge in [-0.2, -0.15) is 0 Å². The molecule has 3 amide bonds. The maximum atomic E-state index is 13.0. The van der Waals surface area contributed by atoms with Crippen molar-refractivity contribution >= 4 is 17.7 Å². The van der Waals surface area contributed by atoms with Crippen molar-refractivity contribution in [2.24, 2.45) is 11.5 Å². The Morgan fingerprint density at radius 3 is 2.04 bits per heavy atom. The van der Waals surface area contributed by atoms with Crippen LogP contribution in [0.25, 0.3) is 0 Å². The van der Waals surface area contributed by atoms with E-state index in [1.807, 2.05) is 60.7 Å². The predicted octanol–water partition coefficient (Wildman–Crippen LogP) is 0.575. The molecule has 2 aromatic rings. The molecule has 2 aromatic carbocycles. The molecule has 0 unspecified atom stereocenters. The Morgan fingerprint density at radius 2 is 1.50 bits per heavy atom. The zero-order valence-electron chi connectivity index (χ0n) is 15.9. The van der Waals surface area contributed by atoms with Crippen LogP contribution < -0.4 is 16.8 Å². The van der Waals surface area contributed by atoms with Crippen LogP contribution in [0.4, 0.5) is 0 Å². The summed E-state index contributed by atoms with van der Waals surface area (Å²) in [6, 6.07) is 17.0. The first-order valence-corrected chi connectivity index (χ1v) is 9.04. The number of primary amides is 1. The Kier molecular flexibility index (Phi) is 7.71. The lowest BCUT2D eigenvalue weighted by atomic mass is 10.0. The SMILES string of the molecule is CN(Cc1ccccc1)C(=O)[C@H](Cc1ccccc1)NC(=O)[C@@H](N)CC(N)=O. The number of hydrogen-bond donors (Lipinski definition) is 3. The standard InChI is InChI=1S/C21H26N4O3/c1-25(14-16-10-6-3-7-11-16)21(28)18(12-15-8-4-2-5-9-15)24-20(27)17(22)13-19(23)26/h2-11,17-18H,12-14,22H2,1H3,(H2,23,26)(H,24,27)/t17-,18-/m0/s1. The normalized spacial score (nSPS) is 12.6. The third-order valence-corrected chi connectivity index (χ3v) is 4.29. The number of benzene rings is 2. The summed E-state index contributed by atoms with van der Waals surface area (Å²) in [7, 11) is 1.68. The van der Waals surface area contributed by atoms with Crippen molar-refractivity contribution in [2.45, 2.75) is 31.5 Å². The molecule has 0 bridgehead atoms. The van der Waals surface area contributed by atoms with Gasteiger partial charge in [0, 0.05) is 20.0 Å². The van der Waals surface area contributed by atoms with Crippen molar-refractivity contribution in [1.29, 1.82) is 0 Å². The summed E-state index contributed by atoms with van der Waals surface area (Å²) >= 11 is 0. The fraction of sp³-hybridized carbons (Fsp3) is 0.286. The Balaban J connectivity index is 2.13. The quantitative estimate of drug-likeness (QED) is 0.588. The van der Waals surface area contributed by atoms with E-state index in [-0.39, 0.29) is 12.3 Å². The molecular weight excluding hydrogens is 356 g/mol. The molecule has 0 aliphatic heterocycles. The third kappa shape index (κ3) is 6.51. The second-order valence-corrected chi connectivity index (χ2v) is 6.71. The number of carbonyl (C=O) groups excluding carboxylic acids is 3. The van der Waals surface area contributed by atoms with Gasteiger partial charge in [0.05, 0.1) is 12.5 Å². The van der Waals surface area contributed by atoms with E-state index >= 15 is 0 Å². The monoisotopic (exact) mass is 382 g/mol. The van der Waals surface area contributed by atoms with Gasteiger partial charge >= 0.3 is 0 Å². The number of hydrogen-bond acceptors (Lipinski definition) is 4. The summed E-state index contributed by atoms with van der Waals surface area (Å²) in [5, 5.41) is 2.67. The van der Waals surface area contributed by atoms with Gasteiger partial charge in [0.2, 0.25) is 17.7 Å². The number of likely N-dealkylation sites (N-methyl/N-ethyl adjacent to an activating group) is 1. The molecule has 0 saturated heterocycles. The van der Waals surface area contributed by atoms with Crippen LogP contribution in [0.2, 0.25) is 0 Å². The van der Waals surface area contributed by atoms with E-state index in [0.29, 0.717) is 13.0 Å². The molecule has 7 heteroatoms. The van der Waals surface area contributed by atoms with Crippen LogP contribution in [0.15, 0.2) is 60.7 Å². The molecule has 28 heavy (non-hydrogen) atoms. The topological polar surface area (TPSA) is 119 Å². The summed E-state index contributed by atoms with van der Waals surface area (Å²) in [5.74, 6) is -1.50. The van der Waals surface area contributed by atoms with Gasteiger partial charge in [-0.1, -0.05) is 60.7 Å². The number of nitrogens with one attached hydrogen (secondary N) is 1. The van der Waals surface area contributed by atoms with Crippen molar-refractivity contribution in [3.8, 4) is 0 Å². The Labute approximate surface area is 164 Å². The smallest absolute Gasteiger partial charge is 0.245 e. The maximum absolute atomic E-state index is 13.0. The largest absolute Gasteiger partial charge is 0.370 e. The van der Waals surface area contributed by atoms with Gasteiger partial charge in [0.15, 0.2) is 0 Å². The lowest BCUT2D eigenvalue weighted by Crippen LogP contribution is -2.53. The van der Waals surface area contributed by atoms with Crippen molar-refractivity contribution in [3.63, 3.8) is 0 Å². The van der Waals surface area contributed by atoms with Gasteiger partial charge in [-0.3, -0.25) is 14.4 Å². The minimum absolute atomic E-state index is 0.243. The zero-order chi connectivity index (χ0) is 20.5. The summed E-state index contributed by atoms with van der Waals surface area (Å²) < 4.78 is 0. The fourth-order valence-corrected chi connectivity index (χ4v) is 2.84. The predicted molar refractivity (Wildman–Crippen MR) is 107 cm³/mol. The van der Waals surface area contributed by atoms with Crippen molar-refractivity contribution in [1.82, 2.24) is 10.2 Å². The molecule has 0 fully saturated rings. The highest BCUT2D eigenvalue weighted by atomic mass is 16.2. The first kappa shape index (κ1) is 21.1. The van der Waals surface area contributed by atoms with E-state index in [9.17, 15) is 14.4 Å². The summed E-state index contributed by atoms with van der Waals surface area (Å²) in [5.41, 5.74) is 12.7. The Bertz CT molecular complexity index is 796. The van der Waals surface area contributed by atoms with Crippen LogP contribution in [0.5, 0.6) is 0 Å². The molecule has 0 radical (unpaired) electrons. The summed E-state index contributed by atoms with van der Waals surface area (Å²) in [4.78, 5) is 37.9. The summed E-state index contributed by atoms with van der Waals surface area (Å²) in [6.45, 7) is 0.411. The van der Waals surface area contributed by atoms with Gasteiger partial charge in [-0.25, -0.2) is 0 Å². The summed E-state index contributed by atoms with van der Waals surface area (Å²) in [6.07, 6.45) is 0.0335. The van der Waals surface area contributed by atoms with Crippen molar-refractivity contribution in [3.05, 3.63) is 71.8 Å². The molecular formula is C21H26N4O3. The van der Waals surface area contributed by atoms with E-state index < -0.39 is 23.9 Å². The number of rotatable bonds is 9. The molecule has 0 heterocycles. The number of amides is 3. The van der Waals surface area contributed by atoms with Crippen LogP contribution in [0.1, 0.15) is 17.5 Å². The molecule has 7 nitrogen and oxygen atoms in total. The minimum Gasteiger partial charge on any atom is -0.370 e. The second kappa shape index (κ2) is 10.2. The first-order chi connectivity index (χ1) is 13.4. The zero-order valence-corrected chi connectivity index (χ0v) is 15.9. The number of carbonyl (C=O) groups is 3. The van der Waals surface area contributed by atoms with Crippen LogP contribution in [0.3, 0.4) is 0 Å². The molecule has 0 aliphatic rings. The minimum atomic E-state index is -1.09.